The number of aliphatic hydroxyl groups is 2. The number of carbonyl (C=O) groups excluding carboxylic acids is 2. The van der Waals surface area contributed by atoms with Crippen LogP contribution in [0, 0.1) is 0 Å². The SMILES string of the molecule is Brc1ccc(Br)c(C2CCCN2)c1.O=C(Nc1cnn2ccc(Cl)nc12)N1CC[C@H](O)C1.O=C(Nc1cnn2ccc(N3CCCC3c3cc(Br)ccc3Br)nc12)N1CC[C@H](O)C1. The van der Waals surface area contributed by atoms with Crippen molar-refractivity contribution in [2.24, 2.45) is 0 Å². The van der Waals surface area contributed by atoms with Gasteiger partial charge in [-0.15, -0.1) is 0 Å². The molecule has 21 heteroatoms. The van der Waals surface area contributed by atoms with Crippen molar-refractivity contribution in [3.8, 4) is 0 Å². The Morgan fingerprint density at radius 1 is 0.698 bits per heavy atom. The first kappa shape index (κ1) is 45.7. The van der Waals surface area contributed by atoms with Gasteiger partial charge in [0.1, 0.15) is 22.3 Å². The van der Waals surface area contributed by atoms with E-state index in [1.165, 1.54) is 39.2 Å². The van der Waals surface area contributed by atoms with Crippen molar-refractivity contribution in [3.05, 3.63) is 107 Å². The molecule has 2 unspecified atom stereocenters. The number of nitrogens with one attached hydrogen (secondary N) is 3. The van der Waals surface area contributed by atoms with Crippen LogP contribution < -0.4 is 20.9 Å². The lowest BCUT2D eigenvalue weighted by Crippen LogP contribution is -2.33. The summed E-state index contributed by atoms with van der Waals surface area (Å²) >= 11 is 20.2. The van der Waals surface area contributed by atoms with Gasteiger partial charge in [-0.1, -0.05) is 75.3 Å². The van der Waals surface area contributed by atoms with Gasteiger partial charge in [0.25, 0.3) is 0 Å². The van der Waals surface area contributed by atoms with Gasteiger partial charge >= 0.3 is 12.1 Å². The van der Waals surface area contributed by atoms with E-state index in [2.05, 4.69) is 130 Å². The van der Waals surface area contributed by atoms with Crippen LogP contribution >= 0.6 is 75.3 Å². The number of likely N-dealkylation sites (tertiary alicyclic amines) is 2. The maximum absolute atomic E-state index is 12.6. The summed E-state index contributed by atoms with van der Waals surface area (Å²) in [4.78, 5) is 39.0. The highest BCUT2D eigenvalue weighted by Gasteiger charge is 2.30. The van der Waals surface area contributed by atoms with Crippen molar-refractivity contribution in [3.63, 3.8) is 0 Å². The number of carbonyl (C=O) groups is 2. The Labute approximate surface area is 402 Å². The molecule has 4 fully saturated rings. The molecule has 0 bridgehead atoms. The second-order valence-corrected chi connectivity index (χ2v) is 19.6. The van der Waals surface area contributed by atoms with Gasteiger partial charge in [-0.2, -0.15) is 10.2 Å². The average molecular weight is 1140 g/mol. The molecule has 63 heavy (non-hydrogen) atoms. The number of benzene rings is 2. The number of halogens is 5. The maximum Gasteiger partial charge on any atom is 0.322 e. The number of anilines is 3. The molecule has 2 aromatic carbocycles. The fourth-order valence-electron chi connectivity index (χ4n) is 8.15. The Bertz CT molecular complexity index is 2590. The van der Waals surface area contributed by atoms with Crippen LogP contribution in [0.15, 0.2) is 91.2 Å². The monoisotopic (exact) mass is 1130 g/mol. The number of fused-ring (bicyclic) bond motifs is 2. The number of hydrogen-bond acceptors (Lipinski definition) is 10. The van der Waals surface area contributed by atoms with Gasteiger partial charge in [0.2, 0.25) is 0 Å². The van der Waals surface area contributed by atoms with E-state index < -0.39 is 12.2 Å². The Hall–Kier alpha value is -3.89. The summed E-state index contributed by atoms with van der Waals surface area (Å²) in [7, 11) is 0. The largest absolute Gasteiger partial charge is 0.391 e. The standard InChI is InChI=1S/C21H22Br2N6O2.C11H12ClN5O2.C10H11Br2N/c22-13-3-4-16(23)15(10-13)18-2-1-7-28(18)19-6-9-29-20(26-19)17(11-24-29)25-21(31)27-8-5-14(30)12-27;12-9-2-4-17-10(15-9)8(5-13-17)14-11(19)16-3-1-7(18)6-16;11-7-3-4-9(12)8(6-7)10-2-1-5-13-10/h3-4,6,9-11,14,18,30H,1-2,5,7-8,12H2,(H,25,31);2,4-5,7,18H,1,3,6H2,(H,14,19);3-4,6,10,13H,1-2,5H2/t14-,18?;7-;/m00./s1. The molecule has 332 valence electrons. The fourth-order valence-corrected chi connectivity index (χ4v) is 10.1. The Kier molecular flexibility index (Phi) is 14.9. The highest BCUT2D eigenvalue weighted by Crippen LogP contribution is 2.40. The zero-order chi connectivity index (χ0) is 44.2. The highest BCUT2D eigenvalue weighted by molar-refractivity contribution is 9.11. The number of aromatic nitrogens is 6. The number of urea groups is 2. The minimum Gasteiger partial charge on any atom is -0.391 e. The quantitative estimate of drug-likeness (QED) is 0.105. The lowest BCUT2D eigenvalue weighted by atomic mass is 10.0. The minimum atomic E-state index is -0.455. The van der Waals surface area contributed by atoms with E-state index in [4.69, 9.17) is 16.6 Å². The van der Waals surface area contributed by atoms with Crippen molar-refractivity contribution in [2.45, 2.75) is 62.8 Å². The van der Waals surface area contributed by atoms with Crippen LogP contribution in [0.3, 0.4) is 0 Å². The van der Waals surface area contributed by atoms with Crippen LogP contribution in [0.25, 0.3) is 11.3 Å². The maximum atomic E-state index is 12.6. The van der Waals surface area contributed by atoms with E-state index in [1.54, 1.807) is 32.8 Å². The Balaban J connectivity index is 0.000000144. The van der Waals surface area contributed by atoms with Crippen molar-refractivity contribution in [1.29, 1.82) is 0 Å². The summed E-state index contributed by atoms with van der Waals surface area (Å²) < 4.78 is 7.68. The van der Waals surface area contributed by atoms with Gasteiger partial charge in [-0.3, -0.25) is 0 Å². The van der Waals surface area contributed by atoms with Gasteiger partial charge in [0.15, 0.2) is 11.3 Å². The summed E-state index contributed by atoms with van der Waals surface area (Å²) in [6.45, 7) is 3.83. The molecule has 0 spiro atoms. The average Bonchev–Trinajstić information content (AvgIpc) is 4.14. The molecule has 4 aromatic heterocycles. The molecule has 4 aliphatic rings. The van der Waals surface area contributed by atoms with Crippen molar-refractivity contribution >= 4 is 116 Å². The number of β-amino-alcohol motifs (C(OH)–C–C–N with tert-alkyl or cyclic N) is 2. The minimum absolute atomic E-state index is 0.217. The lowest BCUT2D eigenvalue weighted by molar-refractivity contribution is 0.176. The van der Waals surface area contributed by atoms with Crippen molar-refractivity contribution in [2.75, 3.05) is 54.8 Å². The van der Waals surface area contributed by atoms with Gasteiger partial charge in [0.05, 0.1) is 30.6 Å². The number of rotatable bonds is 5. The molecule has 10 rings (SSSR count). The fraction of sp³-hybridized carbons (Fsp3) is 0.381. The third-order valence-corrected chi connectivity index (χ3v) is 14.0. The first-order valence-electron chi connectivity index (χ1n) is 20.6. The Morgan fingerprint density at radius 3 is 1.84 bits per heavy atom. The van der Waals surface area contributed by atoms with Gasteiger partial charge in [0, 0.05) is 69.1 Å². The third kappa shape index (κ3) is 11.0. The molecule has 4 amide bonds. The molecule has 6 aromatic rings. The van der Waals surface area contributed by atoms with E-state index in [9.17, 15) is 19.8 Å². The van der Waals surface area contributed by atoms with E-state index in [-0.39, 0.29) is 18.1 Å². The number of hydrogen-bond donors (Lipinski definition) is 5. The second kappa shape index (κ2) is 20.5. The molecular formula is C42H45Br4ClN12O4. The van der Waals surface area contributed by atoms with E-state index in [0.29, 0.717) is 72.9 Å². The zero-order valence-corrected chi connectivity index (χ0v) is 40.9. The molecule has 5 N–H and O–H groups in total. The summed E-state index contributed by atoms with van der Waals surface area (Å²) in [5.41, 5.74) is 4.74. The highest BCUT2D eigenvalue weighted by atomic mass is 79.9. The molecule has 0 radical (unpaired) electrons. The van der Waals surface area contributed by atoms with Gasteiger partial charge in [-0.25, -0.2) is 28.6 Å². The first-order chi connectivity index (χ1) is 30.4. The summed E-state index contributed by atoms with van der Waals surface area (Å²) in [6, 6.07) is 16.4. The predicted molar refractivity (Wildman–Crippen MR) is 256 cm³/mol. The molecule has 0 saturated carbocycles. The van der Waals surface area contributed by atoms with E-state index in [1.807, 2.05) is 18.3 Å². The zero-order valence-electron chi connectivity index (χ0n) is 33.8. The van der Waals surface area contributed by atoms with E-state index in [0.717, 1.165) is 45.2 Å². The number of amides is 4. The topological polar surface area (TPSA) is 181 Å². The van der Waals surface area contributed by atoms with Crippen LogP contribution in [-0.2, 0) is 0 Å². The molecule has 8 heterocycles. The Morgan fingerprint density at radius 2 is 1.27 bits per heavy atom. The van der Waals surface area contributed by atoms with Crippen molar-refractivity contribution < 1.29 is 19.8 Å². The number of aliphatic hydroxyl groups excluding tert-OH is 2. The van der Waals surface area contributed by atoms with Crippen LogP contribution in [0.1, 0.15) is 61.7 Å². The second-order valence-electron chi connectivity index (χ2n) is 15.7. The van der Waals surface area contributed by atoms with Gasteiger partial charge in [-0.05, 0) is 105 Å². The molecule has 4 aliphatic heterocycles. The first-order valence-corrected chi connectivity index (χ1v) is 24.2. The lowest BCUT2D eigenvalue weighted by Gasteiger charge is -2.27. The molecule has 0 aliphatic carbocycles. The molecular weight excluding hydrogens is 1090 g/mol. The van der Waals surface area contributed by atoms with Crippen LogP contribution in [0.4, 0.5) is 26.8 Å². The summed E-state index contributed by atoms with van der Waals surface area (Å²) in [6.07, 6.45) is 11.6. The van der Waals surface area contributed by atoms with Gasteiger partial charge < -0.3 is 40.9 Å². The molecule has 4 atom stereocenters. The summed E-state index contributed by atoms with van der Waals surface area (Å²) in [5, 5.41) is 37.0. The van der Waals surface area contributed by atoms with Crippen LogP contribution in [0.5, 0.6) is 0 Å². The molecule has 16 nitrogen and oxygen atoms in total. The summed E-state index contributed by atoms with van der Waals surface area (Å²) in [5.74, 6) is 0.856. The normalized spacial score (nSPS) is 20.8. The van der Waals surface area contributed by atoms with Crippen molar-refractivity contribution in [1.82, 2.24) is 44.3 Å². The predicted octanol–water partition coefficient (Wildman–Crippen LogP) is 8.81. The number of nitrogens with zero attached hydrogens (tertiary/aromatic N) is 9. The van der Waals surface area contributed by atoms with Crippen LogP contribution in [0.2, 0.25) is 5.15 Å². The third-order valence-electron chi connectivity index (χ3n) is 11.3. The van der Waals surface area contributed by atoms with Crippen LogP contribution in [-0.4, -0.2) is 113 Å². The molecule has 4 saturated heterocycles. The van der Waals surface area contributed by atoms with E-state index >= 15 is 0 Å². The smallest absolute Gasteiger partial charge is 0.322 e.